The second kappa shape index (κ2) is 8.03. The molecule has 0 bridgehead atoms. The van der Waals surface area contributed by atoms with Gasteiger partial charge >= 0.3 is 0 Å². The Balaban J connectivity index is 1.74. The molecular weight excluding hydrogens is 462 g/mol. The van der Waals surface area contributed by atoms with Crippen LogP contribution in [0.2, 0.25) is 0 Å². The van der Waals surface area contributed by atoms with E-state index in [9.17, 15) is 13.2 Å². The van der Waals surface area contributed by atoms with Gasteiger partial charge in [0.15, 0.2) is 5.78 Å². The number of fused-ring (bicyclic) bond motifs is 1. The smallest absolute Gasteiger partial charge is 0.243 e. The van der Waals surface area contributed by atoms with Crippen LogP contribution >= 0.6 is 15.9 Å². The Morgan fingerprint density at radius 3 is 2.33 bits per heavy atom. The first kappa shape index (κ1) is 22.0. The summed E-state index contributed by atoms with van der Waals surface area (Å²) in [5, 5.41) is 0. The Kier molecular flexibility index (Phi) is 5.88. The third-order valence-corrected chi connectivity index (χ3v) is 9.38. The van der Waals surface area contributed by atoms with Crippen LogP contribution in [-0.4, -0.2) is 31.6 Å². The SMILES string of the molecule is CC(C)=C1C(=C2CCCCC2)C(=O)C[C@@]2(C)CN(S(=O)(=O)c3ccc(Br)cc3)C[C@@H]12. The van der Waals surface area contributed by atoms with Gasteiger partial charge in [0, 0.05) is 35.5 Å². The Hall–Kier alpha value is -1.24. The van der Waals surface area contributed by atoms with E-state index in [1.807, 2.05) is 0 Å². The molecule has 162 valence electrons. The van der Waals surface area contributed by atoms with Gasteiger partial charge in [-0.3, -0.25) is 4.79 Å². The van der Waals surface area contributed by atoms with Gasteiger partial charge < -0.3 is 0 Å². The molecule has 0 N–H and O–H groups in total. The lowest BCUT2D eigenvalue weighted by Gasteiger charge is -2.39. The molecule has 1 saturated heterocycles. The first-order valence-electron chi connectivity index (χ1n) is 10.8. The van der Waals surface area contributed by atoms with Crippen molar-refractivity contribution in [1.29, 1.82) is 0 Å². The minimum absolute atomic E-state index is 0.0647. The number of benzene rings is 1. The minimum Gasteiger partial charge on any atom is -0.294 e. The number of nitrogens with zero attached hydrogens (tertiary/aromatic N) is 1. The fourth-order valence-electron chi connectivity index (χ4n) is 5.55. The summed E-state index contributed by atoms with van der Waals surface area (Å²) in [4.78, 5) is 13.7. The van der Waals surface area contributed by atoms with Crippen molar-refractivity contribution in [3.05, 3.63) is 51.0 Å². The van der Waals surface area contributed by atoms with Gasteiger partial charge in [0.25, 0.3) is 0 Å². The van der Waals surface area contributed by atoms with Crippen LogP contribution in [0.25, 0.3) is 0 Å². The summed E-state index contributed by atoms with van der Waals surface area (Å²) < 4.78 is 29.2. The van der Waals surface area contributed by atoms with Gasteiger partial charge in [-0.25, -0.2) is 8.42 Å². The summed E-state index contributed by atoms with van der Waals surface area (Å²) >= 11 is 3.37. The monoisotopic (exact) mass is 491 g/mol. The number of sulfonamides is 1. The molecule has 1 aliphatic heterocycles. The molecule has 0 aromatic heterocycles. The van der Waals surface area contributed by atoms with Crippen molar-refractivity contribution in [2.45, 2.75) is 64.2 Å². The third-order valence-electron chi connectivity index (χ3n) is 7.03. The molecule has 3 fully saturated rings. The molecular formula is C24H30BrNO3S. The average Bonchev–Trinajstić information content (AvgIpc) is 3.05. The van der Waals surface area contributed by atoms with Crippen LogP contribution in [0, 0.1) is 11.3 Å². The number of Topliss-reactive ketones (excluding diaryl/α,β-unsaturated/α-hetero) is 1. The maximum atomic E-state index is 13.4. The van der Waals surface area contributed by atoms with E-state index >= 15 is 0 Å². The zero-order valence-corrected chi connectivity index (χ0v) is 20.4. The predicted octanol–water partition coefficient (Wildman–Crippen LogP) is 5.65. The topological polar surface area (TPSA) is 54.5 Å². The number of allylic oxidation sites excluding steroid dienone is 3. The van der Waals surface area contributed by atoms with Crippen LogP contribution in [0.15, 0.2) is 55.9 Å². The lowest BCUT2D eigenvalue weighted by Crippen LogP contribution is -2.38. The average molecular weight is 492 g/mol. The van der Waals surface area contributed by atoms with Crippen molar-refractivity contribution in [3.63, 3.8) is 0 Å². The van der Waals surface area contributed by atoms with Crippen LogP contribution in [0.5, 0.6) is 0 Å². The number of hydrogen-bond donors (Lipinski definition) is 0. The van der Waals surface area contributed by atoms with Crippen molar-refractivity contribution in [3.8, 4) is 0 Å². The molecule has 2 saturated carbocycles. The summed E-state index contributed by atoms with van der Waals surface area (Å²) in [5.41, 5.74) is 4.17. The molecule has 4 nitrogen and oxygen atoms in total. The van der Waals surface area contributed by atoms with Crippen LogP contribution in [0.4, 0.5) is 0 Å². The summed E-state index contributed by atoms with van der Waals surface area (Å²) in [7, 11) is -3.60. The Morgan fingerprint density at radius 1 is 1.10 bits per heavy atom. The standard InChI is InChI=1S/C24H30BrNO3S/c1-16(2)22-20-14-26(30(28,29)19-11-9-18(25)10-12-19)15-24(20,3)13-21(27)23(22)17-7-5-4-6-8-17/h9-12,20H,4-8,13-15H2,1-3H3/t20-,24-/m0/s1. The molecule has 2 aliphatic carbocycles. The highest BCUT2D eigenvalue weighted by Gasteiger charge is 2.53. The lowest BCUT2D eigenvalue weighted by molar-refractivity contribution is -0.118. The first-order chi connectivity index (χ1) is 14.1. The van der Waals surface area contributed by atoms with Gasteiger partial charge in [0.05, 0.1) is 4.90 Å². The van der Waals surface area contributed by atoms with Crippen LogP contribution < -0.4 is 0 Å². The number of carbonyl (C=O) groups excluding carboxylic acids is 1. The summed E-state index contributed by atoms with van der Waals surface area (Å²) in [6, 6.07) is 6.81. The van der Waals surface area contributed by atoms with E-state index < -0.39 is 10.0 Å². The van der Waals surface area contributed by atoms with E-state index in [0.717, 1.165) is 46.9 Å². The van der Waals surface area contributed by atoms with E-state index in [2.05, 4.69) is 36.7 Å². The van der Waals surface area contributed by atoms with E-state index in [4.69, 9.17) is 0 Å². The number of carbonyl (C=O) groups is 1. The summed E-state index contributed by atoms with van der Waals surface area (Å²) in [6.45, 7) is 7.08. The Morgan fingerprint density at radius 2 is 1.73 bits per heavy atom. The molecule has 1 aromatic carbocycles. The second-order valence-corrected chi connectivity index (χ2v) is 12.4. The zero-order valence-electron chi connectivity index (χ0n) is 18.0. The zero-order chi connectivity index (χ0) is 21.7. The summed E-state index contributed by atoms with van der Waals surface area (Å²) in [5.74, 6) is 0.277. The maximum absolute atomic E-state index is 13.4. The van der Waals surface area contributed by atoms with Gasteiger partial charge in [-0.15, -0.1) is 0 Å². The summed E-state index contributed by atoms with van der Waals surface area (Å²) in [6.07, 6.45) is 5.96. The van der Waals surface area contributed by atoms with Crippen molar-refractivity contribution in [2.75, 3.05) is 13.1 Å². The molecule has 0 radical (unpaired) electrons. The number of rotatable bonds is 2. The normalized spacial score (nSPS) is 28.1. The molecule has 0 unspecified atom stereocenters. The fraction of sp³-hybridized carbons (Fsp3) is 0.542. The highest BCUT2D eigenvalue weighted by Crippen LogP contribution is 2.53. The molecule has 6 heteroatoms. The van der Waals surface area contributed by atoms with Gasteiger partial charge in [0.1, 0.15) is 0 Å². The molecule has 2 atom stereocenters. The lowest BCUT2D eigenvalue weighted by atomic mass is 9.62. The van der Waals surface area contributed by atoms with Crippen LogP contribution in [0.1, 0.15) is 59.3 Å². The molecule has 1 heterocycles. The molecule has 30 heavy (non-hydrogen) atoms. The van der Waals surface area contributed by atoms with E-state index in [1.165, 1.54) is 12.0 Å². The number of ketones is 1. The van der Waals surface area contributed by atoms with Crippen molar-refractivity contribution >= 4 is 31.7 Å². The molecule has 4 rings (SSSR count). The van der Waals surface area contributed by atoms with Gasteiger partial charge in [-0.2, -0.15) is 4.31 Å². The highest BCUT2D eigenvalue weighted by atomic mass is 79.9. The predicted molar refractivity (Wildman–Crippen MR) is 123 cm³/mol. The molecule has 0 amide bonds. The van der Waals surface area contributed by atoms with Crippen molar-refractivity contribution in [1.82, 2.24) is 4.31 Å². The Bertz CT molecular complexity index is 1030. The van der Waals surface area contributed by atoms with Gasteiger partial charge in [-0.05, 0) is 74.8 Å². The van der Waals surface area contributed by atoms with Crippen molar-refractivity contribution < 1.29 is 13.2 Å². The third kappa shape index (κ3) is 3.76. The molecule has 3 aliphatic rings. The van der Waals surface area contributed by atoms with E-state index in [0.29, 0.717) is 24.4 Å². The van der Waals surface area contributed by atoms with Crippen LogP contribution in [-0.2, 0) is 14.8 Å². The molecule has 0 spiro atoms. The second-order valence-electron chi connectivity index (χ2n) is 9.51. The van der Waals surface area contributed by atoms with E-state index in [1.54, 1.807) is 28.6 Å². The van der Waals surface area contributed by atoms with Crippen molar-refractivity contribution in [2.24, 2.45) is 11.3 Å². The first-order valence-corrected chi connectivity index (χ1v) is 13.1. The maximum Gasteiger partial charge on any atom is 0.243 e. The number of halogens is 1. The van der Waals surface area contributed by atoms with E-state index in [-0.39, 0.29) is 17.1 Å². The molecule has 1 aromatic rings. The fourth-order valence-corrected chi connectivity index (χ4v) is 7.41. The largest absolute Gasteiger partial charge is 0.294 e. The van der Waals surface area contributed by atoms with Gasteiger partial charge in [0.2, 0.25) is 10.0 Å². The van der Waals surface area contributed by atoms with Crippen LogP contribution in [0.3, 0.4) is 0 Å². The number of hydrogen-bond acceptors (Lipinski definition) is 3. The Labute approximate surface area is 188 Å². The van der Waals surface area contributed by atoms with Gasteiger partial charge in [-0.1, -0.05) is 40.4 Å². The highest BCUT2D eigenvalue weighted by molar-refractivity contribution is 9.10. The minimum atomic E-state index is -3.60. The quantitative estimate of drug-likeness (QED) is 0.502.